The second-order valence-electron chi connectivity index (χ2n) is 8.59. The molecule has 1 aromatic carbocycles. The van der Waals surface area contributed by atoms with E-state index >= 15 is 0 Å². The predicted octanol–water partition coefficient (Wildman–Crippen LogP) is -0.813. The van der Waals surface area contributed by atoms with Crippen molar-refractivity contribution in [1.82, 2.24) is 20.9 Å². The van der Waals surface area contributed by atoms with Gasteiger partial charge >= 0.3 is 11.9 Å². The molecule has 0 aliphatic rings. The average Bonchev–Trinajstić information content (AvgIpc) is 3.29. The first-order valence-corrected chi connectivity index (χ1v) is 13.2. The zero-order valence-corrected chi connectivity index (χ0v) is 21.6. The summed E-state index contributed by atoms with van der Waals surface area (Å²) in [5.74, 6) is -4.38. The van der Waals surface area contributed by atoms with Crippen LogP contribution in [-0.4, -0.2) is 92.7 Å². The fourth-order valence-corrected chi connectivity index (χ4v) is 4.12. The predicted molar refractivity (Wildman–Crippen MR) is 140 cm³/mol. The fraction of sp³-hybridized carbons (Fsp3) is 0.458. The van der Waals surface area contributed by atoms with E-state index in [0.717, 1.165) is 10.9 Å². The van der Waals surface area contributed by atoms with Crippen LogP contribution in [0.25, 0.3) is 10.9 Å². The number of nitrogens with two attached hydrogens (primary N) is 1. The highest BCUT2D eigenvalue weighted by Gasteiger charge is 2.30. The Labute approximate surface area is 222 Å². The Morgan fingerprint density at radius 1 is 0.947 bits per heavy atom. The molecule has 0 aliphatic heterocycles. The van der Waals surface area contributed by atoms with Gasteiger partial charge < -0.3 is 42.0 Å². The van der Waals surface area contributed by atoms with Crippen LogP contribution in [0.5, 0.6) is 0 Å². The second kappa shape index (κ2) is 15.0. The van der Waals surface area contributed by atoms with Gasteiger partial charge in [0.15, 0.2) is 0 Å². The Hall–Kier alpha value is -3.62. The van der Waals surface area contributed by atoms with Gasteiger partial charge in [0.25, 0.3) is 0 Å². The number of aliphatic hydroxyl groups is 1. The standard InChI is InChI=1S/C24H33N5O8S/c1-38-9-8-17(24(36)37)27-22(34)18(10-13-11-26-16-5-3-2-4-14(13)16)28-23(35)19(12-30)29-21(33)15(25)6-7-20(31)32/h2-5,11,15,17-19,26,30H,6-10,12,25H2,1H3,(H,27,34)(H,28,35)(H,29,33)(H,31,32)(H,36,37). The summed E-state index contributed by atoms with van der Waals surface area (Å²) >= 11 is 1.42. The number of aromatic nitrogens is 1. The zero-order chi connectivity index (χ0) is 28.2. The number of H-pyrrole nitrogens is 1. The second-order valence-corrected chi connectivity index (χ2v) is 9.57. The number of carboxylic acid groups (broad SMARTS) is 2. The van der Waals surface area contributed by atoms with Crippen molar-refractivity contribution in [2.75, 3.05) is 18.6 Å². The molecule has 2 rings (SSSR count). The average molecular weight is 552 g/mol. The van der Waals surface area contributed by atoms with Crippen LogP contribution in [0.3, 0.4) is 0 Å². The number of benzene rings is 1. The van der Waals surface area contributed by atoms with Gasteiger partial charge in [-0.05, 0) is 36.5 Å². The molecular weight excluding hydrogens is 518 g/mol. The van der Waals surface area contributed by atoms with Crippen LogP contribution in [0.2, 0.25) is 0 Å². The molecule has 3 amide bonds. The molecule has 0 saturated carbocycles. The smallest absolute Gasteiger partial charge is 0.326 e. The van der Waals surface area contributed by atoms with Gasteiger partial charge in [-0.25, -0.2) is 4.79 Å². The number of aliphatic hydroxyl groups excluding tert-OH is 1. The summed E-state index contributed by atoms with van der Waals surface area (Å²) < 4.78 is 0. The lowest BCUT2D eigenvalue weighted by atomic mass is 10.0. The van der Waals surface area contributed by atoms with E-state index in [1.54, 1.807) is 18.5 Å². The summed E-state index contributed by atoms with van der Waals surface area (Å²) in [7, 11) is 0. The number of rotatable bonds is 16. The third-order valence-corrected chi connectivity index (χ3v) is 6.42. The lowest BCUT2D eigenvalue weighted by molar-refractivity contribution is -0.142. The molecule has 9 N–H and O–H groups in total. The van der Waals surface area contributed by atoms with E-state index in [9.17, 15) is 34.2 Å². The molecule has 4 atom stereocenters. The first-order valence-electron chi connectivity index (χ1n) is 11.8. The number of fused-ring (bicyclic) bond motifs is 1. The van der Waals surface area contributed by atoms with Crippen molar-refractivity contribution in [2.45, 2.75) is 49.9 Å². The highest BCUT2D eigenvalue weighted by atomic mass is 32.2. The van der Waals surface area contributed by atoms with Gasteiger partial charge in [0.2, 0.25) is 17.7 Å². The minimum Gasteiger partial charge on any atom is -0.481 e. The molecule has 2 aromatic rings. The van der Waals surface area contributed by atoms with E-state index in [-0.39, 0.29) is 25.7 Å². The highest BCUT2D eigenvalue weighted by Crippen LogP contribution is 2.19. The van der Waals surface area contributed by atoms with Gasteiger partial charge in [-0.15, -0.1) is 0 Å². The quantitative estimate of drug-likeness (QED) is 0.129. The van der Waals surface area contributed by atoms with Crippen molar-refractivity contribution in [3.8, 4) is 0 Å². The van der Waals surface area contributed by atoms with Crippen molar-refractivity contribution in [1.29, 1.82) is 0 Å². The van der Waals surface area contributed by atoms with Gasteiger partial charge in [-0.2, -0.15) is 11.8 Å². The maximum Gasteiger partial charge on any atom is 0.326 e. The highest BCUT2D eigenvalue weighted by molar-refractivity contribution is 7.98. The molecule has 1 heterocycles. The minimum absolute atomic E-state index is 0.0132. The van der Waals surface area contributed by atoms with Crippen LogP contribution >= 0.6 is 11.8 Å². The number of carboxylic acids is 2. The number of hydrogen-bond donors (Lipinski definition) is 8. The largest absolute Gasteiger partial charge is 0.481 e. The summed E-state index contributed by atoms with van der Waals surface area (Å²) in [6.07, 6.45) is 3.09. The number of carbonyl (C=O) groups is 5. The van der Waals surface area contributed by atoms with Crippen molar-refractivity contribution < 1.29 is 39.3 Å². The van der Waals surface area contributed by atoms with Gasteiger partial charge in [-0.3, -0.25) is 19.2 Å². The van der Waals surface area contributed by atoms with E-state index in [0.29, 0.717) is 11.3 Å². The normalized spacial score (nSPS) is 14.2. The fourth-order valence-electron chi connectivity index (χ4n) is 3.65. The summed E-state index contributed by atoms with van der Waals surface area (Å²) in [4.78, 5) is 63.9. The molecule has 0 radical (unpaired) electrons. The zero-order valence-electron chi connectivity index (χ0n) is 20.8. The topological polar surface area (TPSA) is 224 Å². The Kier molecular flexibility index (Phi) is 12.0. The molecule has 208 valence electrons. The molecule has 0 bridgehead atoms. The summed E-state index contributed by atoms with van der Waals surface area (Å²) in [6.45, 7) is -0.823. The molecule has 38 heavy (non-hydrogen) atoms. The van der Waals surface area contributed by atoms with Crippen LogP contribution in [0.1, 0.15) is 24.8 Å². The number of thioether (sulfide) groups is 1. The molecular formula is C24H33N5O8S. The molecule has 0 fully saturated rings. The number of amides is 3. The van der Waals surface area contributed by atoms with Crippen LogP contribution in [-0.2, 0) is 30.4 Å². The van der Waals surface area contributed by atoms with Crippen molar-refractivity contribution in [2.24, 2.45) is 5.73 Å². The first kappa shape index (κ1) is 30.6. The maximum absolute atomic E-state index is 13.2. The van der Waals surface area contributed by atoms with E-state index in [1.807, 2.05) is 18.2 Å². The van der Waals surface area contributed by atoms with Gasteiger partial charge in [-0.1, -0.05) is 18.2 Å². The Morgan fingerprint density at radius 3 is 2.21 bits per heavy atom. The van der Waals surface area contributed by atoms with Crippen molar-refractivity contribution in [3.63, 3.8) is 0 Å². The van der Waals surface area contributed by atoms with Crippen LogP contribution in [0, 0.1) is 0 Å². The first-order chi connectivity index (χ1) is 18.1. The third kappa shape index (κ3) is 9.04. The lowest BCUT2D eigenvalue weighted by Crippen LogP contribution is -2.58. The van der Waals surface area contributed by atoms with E-state index in [1.165, 1.54) is 11.8 Å². The number of aromatic amines is 1. The van der Waals surface area contributed by atoms with Crippen LogP contribution < -0.4 is 21.7 Å². The van der Waals surface area contributed by atoms with Gasteiger partial charge in [0.1, 0.15) is 18.1 Å². The Bertz CT molecular complexity index is 1140. The van der Waals surface area contributed by atoms with E-state index < -0.39 is 60.4 Å². The van der Waals surface area contributed by atoms with Crippen molar-refractivity contribution in [3.05, 3.63) is 36.0 Å². The Balaban J connectivity index is 2.22. The minimum atomic E-state index is -1.48. The van der Waals surface area contributed by atoms with E-state index in [2.05, 4.69) is 20.9 Å². The van der Waals surface area contributed by atoms with Crippen LogP contribution in [0.4, 0.5) is 0 Å². The number of carbonyl (C=O) groups excluding carboxylic acids is 3. The van der Waals surface area contributed by atoms with Crippen molar-refractivity contribution >= 4 is 52.3 Å². The molecule has 0 saturated heterocycles. The summed E-state index contributed by atoms with van der Waals surface area (Å²) in [6, 6.07) is 2.15. The maximum atomic E-state index is 13.2. The Morgan fingerprint density at radius 2 is 1.58 bits per heavy atom. The molecule has 4 unspecified atom stereocenters. The van der Waals surface area contributed by atoms with Gasteiger partial charge in [0.05, 0.1) is 12.6 Å². The lowest BCUT2D eigenvalue weighted by Gasteiger charge is -2.24. The monoisotopic (exact) mass is 551 g/mol. The molecule has 0 spiro atoms. The molecule has 14 heteroatoms. The summed E-state index contributed by atoms with van der Waals surface area (Å²) in [5, 5.41) is 36.0. The summed E-state index contributed by atoms with van der Waals surface area (Å²) in [5.41, 5.74) is 7.15. The number of nitrogens with one attached hydrogen (secondary N) is 4. The van der Waals surface area contributed by atoms with E-state index in [4.69, 9.17) is 10.8 Å². The molecule has 1 aromatic heterocycles. The van der Waals surface area contributed by atoms with Gasteiger partial charge in [0, 0.05) is 29.9 Å². The SMILES string of the molecule is CSCCC(NC(=O)C(Cc1c[nH]c2ccccc12)NC(=O)C(CO)NC(=O)C(N)CCC(=O)O)C(=O)O. The van der Waals surface area contributed by atoms with Crippen LogP contribution in [0.15, 0.2) is 30.5 Å². The molecule has 13 nitrogen and oxygen atoms in total. The third-order valence-electron chi connectivity index (χ3n) is 5.78. The molecule has 0 aliphatic carbocycles. The number of aliphatic carboxylic acids is 2. The number of para-hydroxylation sites is 1. The number of hydrogen-bond acceptors (Lipinski definition) is 8.